The third kappa shape index (κ3) is 2.97. The van der Waals surface area contributed by atoms with Crippen LogP contribution in [0.15, 0.2) is 36.5 Å². The zero-order chi connectivity index (χ0) is 13.8. The Morgan fingerprint density at radius 2 is 2.05 bits per heavy atom. The van der Waals surface area contributed by atoms with Gasteiger partial charge >= 0.3 is 0 Å². The molecular weight excluding hydrogens is 254 g/mol. The highest BCUT2D eigenvalue weighted by Crippen LogP contribution is 2.22. The van der Waals surface area contributed by atoms with E-state index in [1.165, 1.54) is 5.69 Å². The number of rotatable bonds is 3. The molecule has 1 aromatic carbocycles. The molecule has 0 radical (unpaired) electrons. The van der Waals surface area contributed by atoms with Crippen LogP contribution in [0.4, 0.5) is 23.1 Å². The van der Waals surface area contributed by atoms with E-state index in [9.17, 15) is 0 Å². The van der Waals surface area contributed by atoms with E-state index in [4.69, 9.17) is 10.5 Å². The summed E-state index contributed by atoms with van der Waals surface area (Å²) in [5.74, 6) is 0.955. The molecule has 0 amide bonds. The monoisotopic (exact) mass is 271 g/mol. The number of morpholine rings is 1. The Labute approximate surface area is 117 Å². The maximum atomic E-state index is 5.65. The lowest BCUT2D eigenvalue weighted by atomic mass is 10.2. The molecule has 2 aromatic rings. The Morgan fingerprint density at radius 3 is 2.85 bits per heavy atom. The average Bonchev–Trinajstić information content (AvgIpc) is 2.48. The molecular formula is C14H17N5O. The second-order valence-electron chi connectivity index (χ2n) is 4.58. The number of nitrogens with one attached hydrogen (secondary N) is 1. The number of anilines is 4. The Balaban J connectivity index is 1.77. The second kappa shape index (κ2) is 5.75. The van der Waals surface area contributed by atoms with Crippen LogP contribution < -0.4 is 16.0 Å². The molecule has 3 N–H and O–H groups in total. The Kier molecular flexibility index (Phi) is 3.64. The third-order valence-electron chi connectivity index (χ3n) is 3.16. The number of nitrogens with two attached hydrogens (primary N) is 1. The molecule has 0 atom stereocenters. The second-order valence-corrected chi connectivity index (χ2v) is 4.58. The van der Waals surface area contributed by atoms with Crippen LogP contribution in [-0.4, -0.2) is 36.3 Å². The van der Waals surface area contributed by atoms with Gasteiger partial charge in [-0.05, 0) is 24.3 Å². The van der Waals surface area contributed by atoms with Crippen LogP contribution in [0.25, 0.3) is 0 Å². The van der Waals surface area contributed by atoms with Crippen molar-refractivity contribution in [3.05, 3.63) is 36.5 Å². The molecule has 3 rings (SSSR count). The first-order valence-corrected chi connectivity index (χ1v) is 6.59. The molecule has 104 valence electrons. The summed E-state index contributed by atoms with van der Waals surface area (Å²) in [5, 5.41) is 3.16. The molecule has 1 fully saturated rings. The molecule has 0 spiro atoms. The van der Waals surface area contributed by atoms with Crippen molar-refractivity contribution in [2.24, 2.45) is 0 Å². The van der Waals surface area contributed by atoms with Crippen molar-refractivity contribution >= 4 is 23.1 Å². The van der Waals surface area contributed by atoms with Crippen molar-refractivity contribution in [1.82, 2.24) is 9.97 Å². The molecule has 0 bridgehead atoms. The lowest BCUT2D eigenvalue weighted by Crippen LogP contribution is -2.36. The number of nitrogens with zero attached hydrogens (tertiary/aromatic N) is 3. The van der Waals surface area contributed by atoms with E-state index in [0.717, 1.165) is 32.0 Å². The first-order valence-electron chi connectivity index (χ1n) is 6.59. The van der Waals surface area contributed by atoms with Crippen molar-refractivity contribution in [3.63, 3.8) is 0 Å². The van der Waals surface area contributed by atoms with Gasteiger partial charge in [-0.1, -0.05) is 6.07 Å². The van der Waals surface area contributed by atoms with Crippen molar-refractivity contribution in [1.29, 1.82) is 0 Å². The minimum atomic E-state index is 0.451. The van der Waals surface area contributed by atoms with Gasteiger partial charge in [0.25, 0.3) is 0 Å². The standard InChI is InChI=1S/C14H17N5O/c15-13-4-5-16-14(18-13)17-11-2-1-3-12(10-11)19-6-8-20-9-7-19/h1-5,10H,6-9H2,(H3,15,16,17,18). The number of ether oxygens (including phenoxy) is 1. The van der Waals surface area contributed by atoms with E-state index in [1.54, 1.807) is 12.3 Å². The van der Waals surface area contributed by atoms with Crippen LogP contribution in [-0.2, 0) is 4.74 Å². The number of nitrogen functional groups attached to an aromatic ring is 1. The predicted octanol–water partition coefficient (Wildman–Crippen LogP) is 1.64. The summed E-state index contributed by atoms with van der Waals surface area (Å²) in [6.07, 6.45) is 1.64. The maximum absolute atomic E-state index is 5.65. The van der Waals surface area contributed by atoms with Crippen LogP contribution >= 0.6 is 0 Å². The van der Waals surface area contributed by atoms with Crippen molar-refractivity contribution in [2.45, 2.75) is 0 Å². The lowest BCUT2D eigenvalue weighted by Gasteiger charge is -2.29. The maximum Gasteiger partial charge on any atom is 0.229 e. The molecule has 6 heteroatoms. The zero-order valence-electron chi connectivity index (χ0n) is 11.1. The molecule has 0 aliphatic carbocycles. The highest BCUT2D eigenvalue weighted by molar-refractivity contribution is 5.62. The van der Waals surface area contributed by atoms with Crippen LogP contribution in [0, 0.1) is 0 Å². The molecule has 1 aromatic heterocycles. The van der Waals surface area contributed by atoms with Gasteiger partial charge in [0, 0.05) is 30.7 Å². The van der Waals surface area contributed by atoms with Crippen molar-refractivity contribution < 1.29 is 4.74 Å². The van der Waals surface area contributed by atoms with Gasteiger partial charge in [-0.15, -0.1) is 0 Å². The molecule has 1 saturated heterocycles. The number of hydrogen-bond donors (Lipinski definition) is 2. The Bertz CT molecular complexity index is 583. The fraction of sp³-hybridized carbons (Fsp3) is 0.286. The first kappa shape index (κ1) is 12.7. The number of aromatic nitrogens is 2. The Morgan fingerprint density at radius 1 is 1.20 bits per heavy atom. The molecule has 1 aliphatic heterocycles. The molecule has 0 unspecified atom stereocenters. The van der Waals surface area contributed by atoms with Gasteiger partial charge < -0.3 is 20.7 Å². The summed E-state index contributed by atoms with van der Waals surface area (Å²) < 4.78 is 5.37. The van der Waals surface area contributed by atoms with E-state index in [0.29, 0.717) is 11.8 Å². The summed E-state index contributed by atoms with van der Waals surface area (Å²) in [6.45, 7) is 3.38. The summed E-state index contributed by atoms with van der Waals surface area (Å²) >= 11 is 0. The molecule has 1 aliphatic rings. The summed E-state index contributed by atoms with van der Waals surface area (Å²) in [7, 11) is 0. The van der Waals surface area contributed by atoms with E-state index in [1.807, 2.05) is 12.1 Å². The van der Waals surface area contributed by atoms with E-state index in [2.05, 4.69) is 32.3 Å². The van der Waals surface area contributed by atoms with E-state index in [-0.39, 0.29) is 0 Å². The van der Waals surface area contributed by atoms with Gasteiger partial charge in [0.05, 0.1) is 13.2 Å². The number of hydrogen-bond acceptors (Lipinski definition) is 6. The minimum absolute atomic E-state index is 0.451. The van der Waals surface area contributed by atoms with Crippen LogP contribution in [0.1, 0.15) is 0 Å². The molecule has 6 nitrogen and oxygen atoms in total. The van der Waals surface area contributed by atoms with Gasteiger partial charge in [-0.3, -0.25) is 0 Å². The fourth-order valence-corrected chi connectivity index (χ4v) is 2.16. The molecule has 0 saturated carbocycles. The highest BCUT2D eigenvalue weighted by Gasteiger charge is 2.11. The lowest BCUT2D eigenvalue weighted by molar-refractivity contribution is 0.122. The van der Waals surface area contributed by atoms with Gasteiger partial charge in [0.1, 0.15) is 5.82 Å². The topological polar surface area (TPSA) is 76.3 Å². The quantitative estimate of drug-likeness (QED) is 0.883. The van der Waals surface area contributed by atoms with Crippen LogP contribution in [0.5, 0.6) is 0 Å². The summed E-state index contributed by atoms with van der Waals surface area (Å²) in [5.41, 5.74) is 7.76. The summed E-state index contributed by atoms with van der Waals surface area (Å²) in [6, 6.07) is 9.83. The third-order valence-corrected chi connectivity index (χ3v) is 3.16. The minimum Gasteiger partial charge on any atom is -0.384 e. The SMILES string of the molecule is Nc1ccnc(Nc2cccc(N3CCOCC3)c2)n1. The zero-order valence-corrected chi connectivity index (χ0v) is 11.1. The van der Waals surface area contributed by atoms with E-state index < -0.39 is 0 Å². The van der Waals surface area contributed by atoms with E-state index >= 15 is 0 Å². The van der Waals surface area contributed by atoms with Crippen molar-refractivity contribution in [2.75, 3.05) is 42.3 Å². The van der Waals surface area contributed by atoms with Gasteiger partial charge in [-0.2, -0.15) is 4.98 Å². The normalized spacial score (nSPS) is 15.1. The molecule has 20 heavy (non-hydrogen) atoms. The number of benzene rings is 1. The van der Waals surface area contributed by atoms with Crippen LogP contribution in [0.2, 0.25) is 0 Å². The highest BCUT2D eigenvalue weighted by atomic mass is 16.5. The van der Waals surface area contributed by atoms with Crippen LogP contribution in [0.3, 0.4) is 0 Å². The van der Waals surface area contributed by atoms with Gasteiger partial charge in [-0.25, -0.2) is 4.98 Å². The van der Waals surface area contributed by atoms with Crippen molar-refractivity contribution in [3.8, 4) is 0 Å². The van der Waals surface area contributed by atoms with Gasteiger partial charge in [0.15, 0.2) is 0 Å². The molecule has 2 heterocycles. The smallest absolute Gasteiger partial charge is 0.229 e. The first-order chi connectivity index (χ1) is 9.81. The Hall–Kier alpha value is -2.34. The van der Waals surface area contributed by atoms with Gasteiger partial charge in [0.2, 0.25) is 5.95 Å². The average molecular weight is 271 g/mol. The predicted molar refractivity (Wildman–Crippen MR) is 79.2 cm³/mol. The largest absolute Gasteiger partial charge is 0.384 e. The fourth-order valence-electron chi connectivity index (χ4n) is 2.16. The summed E-state index contributed by atoms with van der Waals surface area (Å²) in [4.78, 5) is 10.6.